The van der Waals surface area contributed by atoms with Gasteiger partial charge in [0.25, 0.3) is 0 Å². The summed E-state index contributed by atoms with van der Waals surface area (Å²) in [5.41, 5.74) is -0.0502. The van der Waals surface area contributed by atoms with Crippen molar-refractivity contribution >= 4 is 15.9 Å². The van der Waals surface area contributed by atoms with E-state index >= 15 is 0 Å². The summed E-state index contributed by atoms with van der Waals surface area (Å²) < 4.78 is 59.0. The summed E-state index contributed by atoms with van der Waals surface area (Å²) in [6.45, 7) is -5.73. The van der Waals surface area contributed by atoms with E-state index in [1.165, 1.54) is 18.3 Å². The first kappa shape index (κ1) is 3.39. The average Bonchev–Trinajstić information content (AvgIpc) is 2.34. The van der Waals surface area contributed by atoms with Gasteiger partial charge in [0.15, 0.2) is 0 Å². The van der Waals surface area contributed by atoms with Crippen LogP contribution in [0.3, 0.4) is 0 Å². The molecule has 1 saturated heterocycles. The van der Waals surface area contributed by atoms with Crippen LogP contribution in [0.25, 0.3) is 0 Å². The lowest BCUT2D eigenvalue weighted by Gasteiger charge is -2.06. The number of nitrogens with zero attached hydrogens (tertiary/aromatic N) is 1. The maximum atomic E-state index is 8.22. The smallest absolute Gasteiger partial charge is 0.106 e. The van der Waals surface area contributed by atoms with E-state index in [2.05, 4.69) is 25.7 Å². The lowest BCUT2D eigenvalue weighted by atomic mass is 10.0. The molecular weight excluding hydrogens is 218 g/mol. The van der Waals surface area contributed by atoms with Gasteiger partial charge < -0.3 is 4.74 Å². The molecule has 0 N–H and O–H groups in total. The number of halogens is 1. The van der Waals surface area contributed by atoms with Crippen molar-refractivity contribution in [2.75, 3.05) is 13.1 Å². The van der Waals surface area contributed by atoms with E-state index in [4.69, 9.17) is 9.60 Å². The first-order chi connectivity index (χ1) is 8.46. The van der Waals surface area contributed by atoms with Crippen LogP contribution >= 0.6 is 15.9 Å². The lowest BCUT2D eigenvalue weighted by Crippen LogP contribution is -1.97. The number of pyridine rings is 1. The molecule has 12 heavy (non-hydrogen) atoms. The molecule has 0 aliphatic carbocycles. The SMILES string of the molecule is [2H]C1([2H])OC([2H])([2H])C([2H])(c2ccnc(Br)c2)C1([2H])[2H]. The number of rotatable bonds is 1. The molecule has 0 bridgehead atoms. The Morgan fingerprint density at radius 1 is 1.83 bits per heavy atom. The van der Waals surface area contributed by atoms with E-state index in [9.17, 15) is 0 Å². The summed E-state index contributed by atoms with van der Waals surface area (Å²) in [7, 11) is 0. The molecular formula is C9H10BrNO. The van der Waals surface area contributed by atoms with E-state index < -0.39 is 25.4 Å². The van der Waals surface area contributed by atoms with Crippen molar-refractivity contribution in [3.63, 3.8) is 0 Å². The third kappa shape index (κ3) is 1.67. The summed E-state index contributed by atoms with van der Waals surface area (Å²) in [5, 5.41) is 0. The van der Waals surface area contributed by atoms with E-state index in [1.54, 1.807) is 0 Å². The topological polar surface area (TPSA) is 22.1 Å². The third-order valence-corrected chi connectivity index (χ3v) is 1.83. The molecule has 2 heterocycles. The quantitative estimate of drug-likeness (QED) is 0.697. The highest BCUT2D eigenvalue weighted by Gasteiger charge is 2.17. The fraction of sp³-hybridized carbons (Fsp3) is 0.444. The highest BCUT2D eigenvalue weighted by Crippen LogP contribution is 2.25. The Kier molecular flexibility index (Phi) is 0.999. The minimum Gasteiger partial charge on any atom is -0.381 e. The second kappa shape index (κ2) is 3.54. The van der Waals surface area contributed by atoms with Gasteiger partial charge in [-0.1, -0.05) is 0 Å². The Labute approximate surface area is 89.9 Å². The van der Waals surface area contributed by atoms with Crippen LogP contribution in [0.15, 0.2) is 22.9 Å². The molecule has 1 atom stereocenters. The molecule has 1 aromatic heterocycles. The van der Waals surface area contributed by atoms with Crippen molar-refractivity contribution in [3.8, 4) is 0 Å². The Balaban J connectivity index is 2.70. The number of aromatic nitrogens is 1. The van der Waals surface area contributed by atoms with Crippen LogP contribution in [-0.2, 0) is 4.74 Å². The van der Waals surface area contributed by atoms with Crippen LogP contribution < -0.4 is 0 Å². The Morgan fingerprint density at radius 3 is 3.42 bits per heavy atom. The van der Waals surface area contributed by atoms with Gasteiger partial charge in [0.1, 0.15) is 4.60 Å². The minimum atomic E-state index is -2.91. The van der Waals surface area contributed by atoms with Crippen LogP contribution in [0.2, 0.25) is 0 Å². The molecule has 3 heteroatoms. The molecule has 2 nitrogen and oxygen atoms in total. The summed E-state index contributed by atoms with van der Waals surface area (Å²) in [5.74, 6) is -2.55. The first-order valence-electron chi connectivity index (χ1n) is 6.78. The zero-order chi connectivity index (χ0) is 14.7. The normalized spacial score (nSPS) is 50.2. The molecule has 64 valence electrons. The molecule has 0 aromatic carbocycles. The molecule has 1 aliphatic rings. The van der Waals surface area contributed by atoms with Gasteiger partial charge in [0, 0.05) is 22.8 Å². The van der Waals surface area contributed by atoms with Gasteiger partial charge in [0.2, 0.25) is 0 Å². The largest absolute Gasteiger partial charge is 0.381 e. The maximum absolute atomic E-state index is 8.22. The summed E-state index contributed by atoms with van der Waals surface area (Å²) in [6.07, 6.45) is -1.58. The molecule has 0 saturated carbocycles. The Hall–Kier alpha value is -0.410. The van der Waals surface area contributed by atoms with Gasteiger partial charge in [-0.05, 0) is 40.0 Å². The van der Waals surface area contributed by atoms with Gasteiger partial charge in [-0.25, -0.2) is 4.98 Å². The van der Waals surface area contributed by atoms with E-state index in [0.29, 0.717) is 4.60 Å². The summed E-state index contributed by atoms with van der Waals surface area (Å²) >= 11 is 3.06. The summed E-state index contributed by atoms with van der Waals surface area (Å²) in [6, 6.07) is 2.56. The predicted molar refractivity (Wildman–Crippen MR) is 50.1 cm³/mol. The molecule has 1 unspecified atom stereocenters. The molecule has 1 fully saturated rings. The van der Waals surface area contributed by atoms with Crippen LogP contribution in [0, 0.1) is 0 Å². The van der Waals surface area contributed by atoms with Crippen molar-refractivity contribution in [1.82, 2.24) is 4.98 Å². The van der Waals surface area contributed by atoms with Gasteiger partial charge in [-0.15, -0.1) is 0 Å². The summed E-state index contributed by atoms with van der Waals surface area (Å²) in [4.78, 5) is 3.83. The van der Waals surface area contributed by atoms with E-state index in [0.717, 1.165) is 0 Å². The third-order valence-electron chi connectivity index (χ3n) is 1.40. The van der Waals surface area contributed by atoms with Crippen LogP contribution in [-0.4, -0.2) is 18.1 Å². The molecule has 1 aromatic rings. The van der Waals surface area contributed by atoms with Gasteiger partial charge in [-0.3, -0.25) is 0 Å². The van der Waals surface area contributed by atoms with Gasteiger partial charge in [0.05, 0.1) is 12.0 Å². The molecule has 1 aliphatic heterocycles. The zero-order valence-corrected chi connectivity index (χ0v) is 7.55. The molecule has 0 radical (unpaired) electrons. The molecule has 0 spiro atoms. The van der Waals surface area contributed by atoms with Gasteiger partial charge >= 0.3 is 0 Å². The van der Waals surface area contributed by atoms with Crippen LogP contribution in [0.4, 0.5) is 0 Å². The van der Waals surface area contributed by atoms with Crippen LogP contribution in [0.5, 0.6) is 0 Å². The highest BCUT2D eigenvalue weighted by atomic mass is 79.9. The second-order valence-electron chi connectivity index (χ2n) is 2.17. The van der Waals surface area contributed by atoms with Crippen molar-refractivity contribution in [1.29, 1.82) is 0 Å². The standard InChI is InChI=1S/C9H10BrNO/c10-9-5-7(1-3-11-9)8-2-4-12-6-8/h1,3,5,8H,2,4,6H2/i2D2,4D2,6D2,8D. The van der Waals surface area contributed by atoms with Crippen molar-refractivity contribution in [3.05, 3.63) is 28.5 Å². The number of ether oxygens (including phenoxy) is 1. The Bertz CT molecular complexity index is 523. The minimum absolute atomic E-state index is 0.0502. The van der Waals surface area contributed by atoms with Crippen molar-refractivity contribution < 1.29 is 14.3 Å². The van der Waals surface area contributed by atoms with E-state index in [1.807, 2.05) is 0 Å². The zero-order valence-electron chi connectivity index (χ0n) is 13.0. The Morgan fingerprint density at radius 2 is 2.75 bits per heavy atom. The number of hydrogen-bond donors (Lipinski definition) is 0. The van der Waals surface area contributed by atoms with Gasteiger partial charge in [-0.2, -0.15) is 0 Å². The highest BCUT2D eigenvalue weighted by molar-refractivity contribution is 9.10. The van der Waals surface area contributed by atoms with Crippen molar-refractivity contribution in [2.24, 2.45) is 0 Å². The number of hydrogen-bond acceptors (Lipinski definition) is 2. The second-order valence-corrected chi connectivity index (χ2v) is 2.99. The van der Waals surface area contributed by atoms with Crippen molar-refractivity contribution in [2.45, 2.75) is 12.3 Å². The van der Waals surface area contributed by atoms with Crippen LogP contribution in [0.1, 0.15) is 27.4 Å². The maximum Gasteiger partial charge on any atom is 0.106 e. The monoisotopic (exact) mass is 234 g/mol. The average molecular weight is 235 g/mol. The fourth-order valence-electron chi connectivity index (χ4n) is 0.868. The molecule has 0 amide bonds. The lowest BCUT2D eigenvalue weighted by molar-refractivity contribution is 0.194. The predicted octanol–water partition coefficient (Wildman–Crippen LogP) is 2.35. The van der Waals surface area contributed by atoms with E-state index in [-0.39, 0.29) is 5.56 Å². The fourth-order valence-corrected chi connectivity index (χ4v) is 1.23. The molecule has 2 rings (SSSR count). The first-order valence-corrected chi connectivity index (χ1v) is 4.07.